The molecule has 1 aromatic carbocycles. The molecule has 0 radical (unpaired) electrons. The van der Waals surface area contributed by atoms with E-state index in [2.05, 4.69) is 24.1 Å². The second kappa shape index (κ2) is 4.84. The molecule has 3 rings (SSSR count). The third kappa shape index (κ3) is 1.97. The zero-order valence-corrected chi connectivity index (χ0v) is 11.5. The first-order valence-corrected chi connectivity index (χ1v) is 7.16. The van der Waals surface area contributed by atoms with Gasteiger partial charge in [-0.2, -0.15) is 0 Å². The summed E-state index contributed by atoms with van der Waals surface area (Å²) in [5.74, 6) is 0.814. The van der Waals surface area contributed by atoms with Gasteiger partial charge in [0, 0.05) is 29.6 Å². The molecule has 2 saturated heterocycles. The normalized spacial score (nSPS) is 35.9. The van der Waals surface area contributed by atoms with E-state index in [1.54, 1.807) is 0 Å². The summed E-state index contributed by atoms with van der Waals surface area (Å²) in [5, 5.41) is 10.6. The fourth-order valence-corrected chi connectivity index (χ4v) is 4.15. The Labute approximate surface area is 114 Å². The predicted octanol–water partition coefficient (Wildman–Crippen LogP) is 2.90. The molecule has 0 amide bonds. The Morgan fingerprint density at radius 1 is 1.39 bits per heavy atom. The molecule has 2 bridgehead atoms. The lowest BCUT2D eigenvalue weighted by molar-refractivity contribution is 0.0592. The van der Waals surface area contributed by atoms with Crippen molar-refractivity contribution in [1.82, 2.24) is 4.90 Å². The van der Waals surface area contributed by atoms with E-state index in [9.17, 15) is 5.11 Å². The number of rotatable bonds is 2. The van der Waals surface area contributed by atoms with Crippen LogP contribution in [-0.2, 0) is 0 Å². The van der Waals surface area contributed by atoms with Crippen molar-refractivity contribution >= 4 is 11.6 Å². The number of piperidine rings is 1. The SMILES string of the molecule is CN1C2CCC1[C@H](CO)[C@@H](c1cccc(Cl)c1)C2. The molecule has 3 heteroatoms. The standard InChI is InChI=1S/C15H20ClNO/c1-17-12-5-6-15(17)14(9-18)13(8-12)10-3-2-4-11(16)7-10/h2-4,7,12-15,18H,5-6,8-9H2,1H3/t12?,13-,14-,15?/m1/s1. The molecule has 2 unspecified atom stereocenters. The lowest BCUT2D eigenvalue weighted by atomic mass is 9.76. The van der Waals surface area contributed by atoms with Crippen molar-refractivity contribution in [2.45, 2.75) is 37.3 Å². The Balaban J connectivity index is 1.92. The van der Waals surface area contributed by atoms with Crippen molar-refractivity contribution < 1.29 is 5.11 Å². The van der Waals surface area contributed by atoms with Gasteiger partial charge in [-0.1, -0.05) is 23.7 Å². The van der Waals surface area contributed by atoms with E-state index >= 15 is 0 Å². The highest BCUT2D eigenvalue weighted by Crippen LogP contribution is 2.46. The van der Waals surface area contributed by atoms with Gasteiger partial charge in [0.15, 0.2) is 0 Å². The van der Waals surface area contributed by atoms with Crippen molar-refractivity contribution in [1.29, 1.82) is 0 Å². The zero-order valence-electron chi connectivity index (χ0n) is 10.7. The number of halogens is 1. The van der Waals surface area contributed by atoms with E-state index in [1.165, 1.54) is 18.4 Å². The van der Waals surface area contributed by atoms with Crippen LogP contribution in [0.5, 0.6) is 0 Å². The second-order valence-corrected chi connectivity index (χ2v) is 6.14. The minimum absolute atomic E-state index is 0.277. The van der Waals surface area contributed by atoms with E-state index in [1.807, 2.05) is 12.1 Å². The van der Waals surface area contributed by atoms with Gasteiger partial charge in [-0.05, 0) is 49.9 Å². The predicted molar refractivity (Wildman–Crippen MR) is 74.0 cm³/mol. The third-order valence-corrected chi connectivity index (χ3v) is 5.15. The van der Waals surface area contributed by atoms with Gasteiger partial charge in [0.1, 0.15) is 0 Å². The summed E-state index contributed by atoms with van der Waals surface area (Å²) >= 11 is 6.10. The molecular formula is C15H20ClNO. The molecular weight excluding hydrogens is 246 g/mol. The highest BCUT2D eigenvalue weighted by molar-refractivity contribution is 6.30. The quantitative estimate of drug-likeness (QED) is 0.889. The van der Waals surface area contributed by atoms with Gasteiger partial charge in [0.05, 0.1) is 0 Å². The monoisotopic (exact) mass is 265 g/mol. The fourth-order valence-electron chi connectivity index (χ4n) is 3.95. The van der Waals surface area contributed by atoms with Crippen molar-refractivity contribution in [3.8, 4) is 0 Å². The van der Waals surface area contributed by atoms with Crippen molar-refractivity contribution in [2.24, 2.45) is 5.92 Å². The molecule has 0 spiro atoms. The van der Waals surface area contributed by atoms with Gasteiger partial charge in [-0.3, -0.25) is 0 Å². The molecule has 2 heterocycles. The highest BCUT2D eigenvalue weighted by Gasteiger charge is 2.45. The second-order valence-electron chi connectivity index (χ2n) is 5.71. The van der Waals surface area contributed by atoms with E-state index < -0.39 is 0 Å². The van der Waals surface area contributed by atoms with E-state index in [4.69, 9.17) is 11.6 Å². The molecule has 2 aliphatic heterocycles. The van der Waals surface area contributed by atoms with Gasteiger partial charge in [-0.25, -0.2) is 0 Å². The minimum Gasteiger partial charge on any atom is -0.396 e. The van der Waals surface area contributed by atoms with Gasteiger partial charge in [0.25, 0.3) is 0 Å². The van der Waals surface area contributed by atoms with Crippen molar-refractivity contribution in [2.75, 3.05) is 13.7 Å². The highest BCUT2D eigenvalue weighted by atomic mass is 35.5. The molecule has 18 heavy (non-hydrogen) atoms. The number of aliphatic hydroxyl groups excluding tert-OH is 1. The van der Waals surface area contributed by atoms with Gasteiger partial charge in [-0.15, -0.1) is 0 Å². The summed E-state index contributed by atoms with van der Waals surface area (Å²) in [6, 6.07) is 9.39. The summed E-state index contributed by atoms with van der Waals surface area (Å²) in [7, 11) is 2.21. The number of aliphatic hydroxyl groups is 1. The first kappa shape index (κ1) is 12.5. The Hall–Kier alpha value is -0.570. The zero-order chi connectivity index (χ0) is 12.7. The van der Waals surface area contributed by atoms with Crippen LogP contribution in [0.25, 0.3) is 0 Å². The van der Waals surface area contributed by atoms with Crippen LogP contribution in [0, 0.1) is 5.92 Å². The number of hydrogen-bond acceptors (Lipinski definition) is 2. The third-order valence-electron chi connectivity index (χ3n) is 4.92. The molecule has 4 atom stereocenters. The summed E-state index contributed by atoms with van der Waals surface area (Å²) in [6.45, 7) is 0.277. The molecule has 0 saturated carbocycles. The Morgan fingerprint density at radius 3 is 2.94 bits per heavy atom. The molecule has 2 fully saturated rings. The summed E-state index contributed by atoms with van der Waals surface area (Å²) in [4.78, 5) is 2.47. The lowest BCUT2D eigenvalue weighted by Crippen LogP contribution is -2.47. The van der Waals surface area contributed by atoms with Crippen LogP contribution in [-0.4, -0.2) is 35.7 Å². The van der Waals surface area contributed by atoms with Crippen LogP contribution in [0.4, 0.5) is 0 Å². The Bertz CT molecular complexity index is 436. The van der Waals surface area contributed by atoms with Gasteiger partial charge >= 0.3 is 0 Å². The fraction of sp³-hybridized carbons (Fsp3) is 0.600. The number of nitrogens with zero attached hydrogens (tertiary/aromatic N) is 1. The lowest BCUT2D eigenvalue weighted by Gasteiger charge is -2.42. The Morgan fingerprint density at radius 2 is 2.22 bits per heavy atom. The molecule has 2 aliphatic rings. The molecule has 1 aromatic rings. The summed E-state index contributed by atoms with van der Waals surface area (Å²) in [6.07, 6.45) is 3.65. The molecule has 98 valence electrons. The van der Waals surface area contributed by atoms with E-state index in [0.717, 1.165) is 11.4 Å². The number of fused-ring (bicyclic) bond motifs is 2. The van der Waals surface area contributed by atoms with E-state index in [0.29, 0.717) is 23.9 Å². The van der Waals surface area contributed by atoms with Crippen LogP contribution in [0.3, 0.4) is 0 Å². The van der Waals surface area contributed by atoms with Crippen molar-refractivity contribution in [3.63, 3.8) is 0 Å². The average molecular weight is 266 g/mol. The largest absolute Gasteiger partial charge is 0.396 e. The average Bonchev–Trinajstić information content (AvgIpc) is 2.63. The summed E-state index contributed by atoms with van der Waals surface area (Å²) < 4.78 is 0. The summed E-state index contributed by atoms with van der Waals surface area (Å²) in [5.41, 5.74) is 1.30. The van der Waals surface area contributed by atoms with Crippen LogP contribution < -0.4 is 0 Å². The van der Waals surface area contributed by atoms with Gasteiger partial charge < -0.3 is 10.0 Å². The first-order valence-electron chi connectivity index (χ1n) is 6.79. The molecule has 0 aliphatic carbocycles. The maximum absolute atomic E-state index is 9.77. The molecule has 2 nitrogen and oxygen atoms in total. The van der Waals surface area contributed by atoms with Crippen LogP contribution in [0.1, 0.15) is 30.7 Å². The van der Waals surface area contributed by atoms with E-state index in [-0.39, 0.29) is 6.61 Å². The van der Waals surface area contributed by atoms with Gasteiger partial charge in [0.2, 0.25) is 0 Å². The minimum atomic E-state index is 0.277. The number of benzene rings is 1. The maximum Gasteiger partial charge on any atom is 0.0480 e. The Kier molecular flexibility index (Phi) is 3.35. The maximum atomic E-state index is 9.77. The first-order chi connectivity index (χ1) is 8.70. The number of hydrogen-bond donors (Lipinski definition) is 1. The van der Waals surface area contributed by atoms with Crippen molar-refractivity contribution in [3.05, 3.63) is 34.9 Å². The van der Waals surface area contributed by atoms with Crippen LogP contribution >= 0.6 is 11.6 Å². The topological polar surface area (TPSA) is 23.5 Å². The van der Waals surface area contributed by atoms with Crippen LogP contribution in [0.15, 0.2) is 24.3 Å². The molecule has 1 N–H and O–H groups in total. The smallest absolute Gasteiger partial charge is 0.0480 e. The molecule has 0 aromatic heterocycles. The van der Waals surface area contributed by atoms with Crippen LogP contribution in [0.2, 0.25) is 5.02 Å².